The molecule has 0 heterocycles. The van der Waals surface area contributed by atoms with Crippen LogP contribution >= 0.6 is 15.9 Å². The van der Waals surface area contributed by atoms with E-state index in [2.05, 4.69) is 21.2 Å². The van der Waals surface area contributed by atoms with Crippen molar-refractivity contribution >= 4 is 28.1 Å². The van der Waals surface area contributed by atoms with E-state index < -0.39 is 6.09 Å². The Morgan fingerprint density at radius 2 is 1.95 bits per heavy atom. The number of alkyl carbamates (subject to hydrolysis) is 1. The topological polar surface area (TPSA) is 58.6 Å². The largest absolute Gasteiger partial charge is 0.507 e. The molecule has 5 heteroatoms. The Bertz CT molecular complexity index is 656. The molecule has 22 heavy (non-hydrogen) atoms. The minimum absolute atomic E-state index is 0.178. The lowest BCUT2D eigenvalue weighted by Crippen LogP contribution is -2.24. The van der Waals surface area contributed by atoms with Crippen molar-refractivity contribution in [2.24, 2.45) is 0 Å². The van der Waals surface area contributed by atoms with E-state index >= 15 is 0 Å². The van der Waals surface area contributed by atoms with E-state index in [0.717, 1.165) is 11.1 Å². The molecule has 1 amide bonds. The molecule has 2 aromatic rings. The highest BCUT2D eigenvalue weighted by Crippen LogP contribution is 2.27. The van der Waals surface area contributed by atoms with Crippen molar-refractivity contribution < 1.29 is 14.6 Å². The first-order valence-electron chi connectivity index (χ1n) is 6.75. The second kappa shape index (κ2) is 8.24. The van der Waals surface area contributed by atoms with Gasteiger partial charge in [-0.15, -0.1) is 0 Å². The highest BCUT2D eigenvalue weighted by molar-refractivity contribution is 9.10. The maximum Gasteiger partial charge on any atom is 0.407 e. The number of carbonyl (C=O) groups excluding carboxylic acids is 1. The van der Waals surface area contributed by atoms with E-state index in [1.54, 1.807) is 24.3 Å². The fourth-order valence-corrected chi connectivity index (χ4v) is 2.16. The normalized spacial score (nSPS) is 10.6. The lowest BCUT2D eigenvalue weighted by atomic mass is 10.2. The van der Waals surface area contributed by atoms with Gasteiger partial charge >= 0.3 is 6.09 Å². The van der Waals surface area contributed by atoms with Crippen LogP contribution in [0.3, 0.4) is 0 Å². The fraction of sp³-hybridized carbons (Fsp3) is 0.118. The smallest absolute Gasteiger partial charge is 0.407 e. The van der Waals surface area contributed by atoms with Crippen molar-refractivity contribution in [2.45, 2.75) is 6.61 Å². The van der Waals surface area contributed by atoms with Crippen LogP contribution in [-0.2, 0) is 11.3 Å². The first-order chi connectivity index (χ1) is 10.7. The van der Waals surface area contributed by atoms with Gasteiger partial charge in [0.05, 0.1) is 4.47 Å². The maximum absolute atomic E-state index is 11.5. The standard InChI is InChI=1S/C17H16BrNO3/c18-16-14(8-4-10-15(16)20)9-5-11-19-17(21)22-12-13-6-2-1-3-7-13/h1-10,20H,11-12H2,(H,19,21). The van der Waals surface area contributed by atoms with Gasteiger partial charge in [0.1, 0.15) is 12.4 Å². The van der Waals surface area contributed by atoms with Crippen molar-refractivity contribution in [3.05, 3.63) is 70.2 Å². The number of phenolic OH excluding ortho intramolecular Hbond substituents is 1. The van der Waals surface area contributed by atoms with Gasteiger partial charge in [0, 0.05) is 6.54 Å². The summed E-state index contributed by atoms with van der Waals surface area (Å²) < 4.78 is 5.71. The number of ether oxygens (including phenoxy) is 1. The molecule has 0 fully saturated rings. The first-order valence-corrected chi connectivity index (χ1v) is 7.54. The number of aromatic hydroxyl groups is 1. The van der Waals surface area contributed by atoms with Crippen LogP contribution in [0.25, 0.3) is 6.08 Å². The highest BCUT2D eigenvalue weighted by atomic mass is 79.9. The zero-order chi connectivity index (χ0) is 15.8. The van der Waals surface area contributed by atoms with E-state index in [9.17, 15) is 9.90 Å². The van der Waals surface area contributed by atoms with E-state index in [1.807, 2.05) is 36.4 Å². The Kier molecular flexibility index (Phi) is 6.03. The van der Waals surface area contributed by atoms with Gasteiger partial charge in [0.15, 0.2) is 0 Å². The average molecular weight is 362 g/mol. The van der Waals surface area contributed by atoms with Gasteiger partial charge < -0.3 is 15.2 Å². The van der Waals surface area contributed by atoms with Gasteiger partial charge in [-0.25, -0.2) is 4.79 Å². The zero-order valence-corrected chi connectivity index (χ0v) is 13.4. The molecule has 0 aliphatic carbocycles. The molecule has 0 unspecified atom stereocenters. The number of halogens is 1. The predicted molar refractivity (Wildman–Crippen MR) is 89.5 cm³/mol. The van der Waals surface area contributed by atoms with Crippen molar-refractivity contribution in [1.29, 1.82) is 0 Å². The van der Waals surface area contributed by atoms with Crippen LogP contribution in [0.2, 0.25) is 0 Å². The maximum atomic E-state index is 11.5. The molecule has 4 nitrogen and oxygen atoms in total. The molecule has 0 bridgehead atoms. The number of benzene rings is 2. The number of amides is 1. The molecule has 0 saturated heterocycles. The Morgan fingerprint density at radius 3 is 2.73 bits per heavy atom. The fourth-order valence-electron chi connectivity index (χ4n) is 1.77. The van der Waals surface area contributed by atoms with Crippen LogP contribution in [0, 0.1) is 0 Å². The van der Waals surface area contributed by atoms with Crippen LogP contribution in [0.4, 0.5) is 4.79 Å². The van der Waals surface area contributed by atoms with E-state index in [-0.39, 0.29) is 12.4 Å². The van der Waals surface area contributed by atoms with Gasteiger partial charge in [0.25, 0.3) is 0 Å². The van der Waals surface area contributed by atoms with Crippen LogP contribution < -0.4 is 5.32 Å². The van der Waals surface area contributed by atoms with Crippen molar-refractivity contribution in [2.75, 3.05) is 6.54 Å². The Labute approximate surface area is 137 Å². The van der Waals surface area contributed by atoms with Crippen LogP contribution in [0.5, 0.6) is 5.75 Å². The van der Waals surface area contributed by atoms with Gasteiger partial charge in [-0.3, -0.25) is 0 Å². The molecular weight excluding hydrogens is 346 g/mol. The molecule has 0 aliphatic heterocycles. The third-order valence-corrected chi connectivity index (χ3v) is 3.75. The Hall–Kier alpha value is -2.27. The average Bonchev–Trinajstić information content (AvgIpc) is 2.54. The number of nitrogens with one attached hydrogen (secondary N) is 1. The monoisotopic (exact) mass is 361 g/mol. The zero-order valence-electron chi connectivity index (χ0n) is 11.8. The quantitative estimate of drug-likeness (QED) is 0.842. The molecule has 0 radical (unpaired) electrons. The van der Waals surface area contributed by atoms with Gasteiger partial charge in [-0.2, -0.15) is 0 Å². The second-order valence-corrected chi connectivity index (χ2v) is 5.32. The molecule has 114 valence electrons. The van der Waals surface area contributed by atoms with Crippen LogP contribution in [0.15, 0.2) is 59.1 Å². The van der Waals surface area contributed by atoms with Crippen molar-refractivity contribution in [3.8, 4) is 5.75 Å². The van der Waals surface area contributed by atoms with E-state index in [4.69, 9.17) is 4.74 Å². The third kappa shape index (κ3) is 4.93. The van der Waals surface area contributed by atoms with Gasteiger partial charge in [-0.05, 0) is 33.1 Å². The number of carbonyl (C=O) groups is 1. The molecule has 0 atom stereocenters. The summed E-state index contributed by atoms with van der Waals surface area (Å²) in [4.78, 5) is 11.5. The number of hydrogen-bond donors (Lipinski definition) is 2. The van der Waals surface area contributed by atoms with E-state index in [0.29, 0.717) is 11.0 Å². The summed E-state index contributed by atoms with van der Waals surface area (Å²) in [5, 5.41) is 12.2. The van der Waals surface area contributed by atoms with Crippen molar-refractivity contribution in [1.82, 2.24) is 5.32 Å². The molecule has 2 rings (SSSR count). The Morgan fingerprint density at radius 1 is 1.18 bits per heavy atom. The first kappa shape index (κ1) is 16.1. The summed E-state index contributed by atoms with van der Waals surface area (Å²) in [6.07, 6.45) is 3.12. The summed E-state index contributed by atoms with van der Waals surface area (Å²) in [5.74, 6) is 0.178. The minimum atomic E-state index is -0.469. The van der Waals surface area contributed by atoms with Crippen LogP contribution in [-0.4, -0.2) is 17.7 Å². The summed E-state index contributed by atoms with van der Waals surface area (Å²) in [5.41, 5.74) is 1.77. The third-order valence-electron chi connectivity index (χ3n) is 2.88. The van der Waals surface area contributed by atoms with E-state index in [1.165, 1.54) is 0 Å². The SMILES string of the molecule is O=C(NCC=Cc1cccc(O)c1Br)OCc1ccccc1. The molecule has 0 aliphatic rings. The second-order valence-electron chi connectivity index (χ2n) is 4.53. The molecule has 0 saturated carbocycles. The lowest BCUT2D eigenvalue weighted by Gasteiger charge is -2.05. The summed E-state index contributed by atoms with van der Waals surface area (Å²) in [6.45, 7) is 0.588. The van der Waals surface area contributed by atoms with Crippen molar-refractivity contribution in [3.63, 3.8) is 0 Å². The highest BCUT2D eigenvalue weighted by Gasteiger charge is 2.02. The molecule has 0 spiro atoms. The van der Waals surface area contributed by atoms with Gasteiger partial charge in [0.2, 0.25) is 0 Å². The molecule has 2 N–H and O–H groups in total. The minimum Gasteiger partial charge on any atom is -0.507 e. The molecular formula is C17H16BrNO3. The summed E-state index contributed by atoms with van der Waals surface area (Å²) in [7, 11) is 0. The van der Waals surface area contributed by atoms with Crippen LogP contribution in [0.1, 0.15) is 11.1 Å². The number of phenols is 1. The summed E-state index contributed by atoms with van der Waals surface area (Å²) >= 11 is 3.30. The number of hydrogen-bond acceptors (Lipinski definition) is 3. The lowest BCUT2D eigenvalue weighted by molar-refractivity contribution is 0.141. The number of rotatable bonds is 5. The Balaban J connectivity index is 1.75. The summed E-state index contributed by atoms with van der Waals surface area (Å²) in [6, 6.07) is 14.7. The molecule has 0 aromatic heterocycles. The van der Waals surface area contributed by atoms with Gasteiger partial charge in [-0.1, -0.05) is 54.6 Å². The predicted octanol–water partition coefficient (Wildman–Crippen LogP) is 4.09. The molecule has 2 aromatic carbocycles.